The highest BCUT2D eigenvalue weighted by Crippen LogP contribution is 2.35. The Bertz CT molecular complexity index is 1450. The van der Waals surface area contributed by atoms with Crippen molar-refractivity contribution in [1.29, 1.82) is 0 Å². The maximum atomic E-state index is 12.9. The average molecular weight is 629 g/mol. The van der Waals surface area contributed by atoms with Crippen LogP contribution in [0, 0.1) is 5.92 Å². The second-order valence-corrected chi connectivity index (χ2v) is 11.6. The van der Waals surface area contributed by atoms with Gasteiger partial charge in [-0.15, -0.1) is 0 Å². The molecule has 0 radical (unpaired) electrons. The summed E-state index contributed by atoms with van der Waals surface area (Å²) in [5.41, 5.74) is 1.59. The monoisotopic (exact) mass is 628 g/mol. The van der Waals surface area contributed by atoms with E-state index >= 15 is 0 Å². The highest BCUT2D eigenvalue weighted by Gasteiger charge is 2.53. The summed E-state index contributed by atoms with van der Waals surface area (Å²) in [4.78, 5) is 18.3. The summed E-state index contributed by atoms with van der Waals surface area (Å²) in [7, 11) is 0. The summed E-state index contributed by atoms with van der Waals surface area (Å²) in [6.07, 6.45) is -3.06. The van der Waals surface area contributed by atoms with E-state index in [0.717, 1.165) is 5.56 Å². The number of carbonyl (C=O) groups excluding carboxylic acids is 1. The quantitative estimate of drug-likeness (QED) is 0.128. The number of fused-ring (bicyclic) bond motifs is 2. The number of aliphatic hydroxyl groups excluding tert-OH is 4. The van der Waals surface area contributed by atoms with E-state index in [4.69, 9.17) is 28.5 Å². The molecule has 45 heavy (non-hydrogen) atoms. The van der Waals surface area contributed by atoms with Crippen molar-refractivity contribution in [3.63, 3.8) is 0 Å². The van der Waals surface area contributed by atoms with E-state index in [1.165, 1.54) is 19.1 Å². The van der Waals surface area contributed by atoms with Gasteiger partial charge in [-0.1, -0.05) is 17.3 Å². The normalized spacial score (nSPS) is 32.5. The van der Waals surface area contributed by atoms with Crippen LogP contribution in [0.2, 0.25) is 0 Å². The van der Waals surface area contributed by atoms with Crippen LogP contribution in [0.3, 0.4) is 0 Å². The van der Waals surface area contributed by atoms with Crippen LogP contribution in [0.5, 0.6) is 23.0 Å². The fourth-order valence-electron chi connectivity index (χ4n) is 5.96. The second-order valence-electron chi connectivity index (χ2n) is 11.6. The Morgan fingerprint density at radius 2 is 1.76 bits per heavy atom. The van der Waals surface area contributed by atoms with Gasteiger partial charge in [0.25, 0.3) is 0 Å². The smallest absolute Gasteiger partial charge is 0.247 e. The van der Waals surface area contributed by atoms with E-state index in [9.17, 15) is 30.3 Å². The Hall–Kier alpha value is -3.92. The van der Waals surface area contributed by atoms with Crippen molar-refractivity contribution in [3.05, 3.63) is 53.1 Å². The molecule has 2 aromatic carbocycles. The third-order valence-electron chi connectivity index (χ3n) is 8.45. The molecule has 2 aliphatic carbocycles. The van der Waals surface area contributed by atoms with Gasteiger partial charge in [-0.3, -0.25) is 4.79 Å². The van der Waals surface area contributed by atoms with Crippen molar-refractivity contribution < 1.29 is 58.8 Å². The molecule has 14 nitrogen and oxygen atoms in total. The number of rotatable bonds is 9. The number of phenolic OH excluding ortho intramolecular Hbond substituents is 1. The molecule has 0 bridgehead atoms. The molecule has 2 heterocycles. The van der Waals surface area contributed by atoms with Crippen molar-refractivity contribution in [2.75, 3.05) is 13.6 Å². The van der Waals surface area contributed by atoms with Crippen LogP contribution < -0.4 is 19.5 Å². The van der Waals surface area contributed by atoms with Crippen molar-refractivity contribution in [2.24, 2.45) is 11.1 Å². The number of hydrogen-bond donors (Lipinski definition) is 6. The van der Waals surface area contributed by atoms with Crippen molar-refractivity contribution in [3.8, 4) is 23.0 Å². The Morgan fingerprint density at radius 1 is 0.978 bits per heavy atom. The van der Waals surface area contributed by atoms with Crippen LogP contribution in [0.4, 0.5) is 0 Å². The Balaban J connectivity index is 0.999. The van der Waals surface area contributed by atoms with Crippen molar-refractivity contribution in [2.45, 2.75) is 75.1 Å². The summed E-state index contributed by atoms with van der Waals surface area (Å²) in [5.74, 6) is 0.533. The van der Waals surface area contributed by atoms with Crippen LogP contribution in [-0.2, 0) is 25.7 Å². The standard InChI is InChI=1S/C31H36N2O12/c1-15(31(39)33-25-26(36)28(38)30-29(27(25)37)42-14-43-30)6-16-2-4-22(21(35)7-16)45-19-9-18(20(34)10-19)11-32-44-12-17-3-5-23-24(8-17)41-13-40-23/h2-8,11,18-20,25-30,34-38H,9-10,12-14H2,1H3,(H,33,39)/t18-,19-,20-,25-,26+,27-,28-,29+,30-/m1/s1. The van der Waals surface area contributed by atoms with E-state index < -0.39 is 48.6 Å². The zero-order valence-electron chi connectivity index (χ0n) is 24.4. The molecule has 2 saturated carbocycles. The largest absolute Gasteiger partial charge is 0.504 e. The number of aliphatic hydroxyl groups is 4. The Morgan fingerprint density at radius 3 is 2.56 bits per heavy atom. The number of carbonyl (C=O) groups is 1. The zero-order valence-corrected chi connectivity index (χ0v) is 24.4. The van der Waals surface area contributed by atoms with Crippen molar-refractivity contribution >= 4 is 18.2 Å². The molecular formula is C31H36N2O12. The van der Waals surface area contributed by atoms with Gasteiger partial charge < -0.3 is 59.4 Å². The Kier molecular flexibility index (Phi) is 9.12. The third kappa shape index (κ3) is 6.71. The minimum Gasteiger partial charge on any atom is -0.504 e. The Labute approximate surface area is 258 Å². The van der Waals surface area contributed by atoms with E-state index in [1.54, 1.807) is 18.3 Å². The number of aromatic hydroxyl groups is 1. The molecule has 0 unspecified atom stereocenters. The highest BCUT2D eigenvalue weighted by molar-refractivity contribution is 5.97. The average Bonchev–Trinajstić information content (AvgIpc) is 3.78. The molecule has 3 fully saturated rings. The van der Waals surface area contributed by atoms with Gasteiger partial charge in [-0.2, -0.15) is 0 Å². The minimum absolute atomic E-state index is 0.131. The fraction of sp³-hybridized carbons (Fsp3) is 0.484. The van der Waals surface area contributed by atoms with Crippen molar-refractivity contribution in [1.82, 2.24) is 5.32 Å². The molecule has 0 aromatic heterocycles. The molecular weight excluding hydrogens is 592 g/mol. The maximum absolute atomic E-state index is 12.9. The van der Waals surface area contributed by atoms with E-state index in [2.05, 4.69) is 10.5 Å². The van der Waals surface area contributed by atoms with E-state index in [0.29, 0.717) is 29.9 Å². The van der Waals surface area contributed by atoms with E-state index in [1.807, 2.05) is 18.2 Å². The lowest BCUT2D eigenvalue weighted by molar-refractivity contribution is -0.155. The van der Waals surface area contributed by atoms with Crippen LogP contribution >= 0.6 is 0 Å². The first-order valence-electron chi connectivity index (χ1n) is 14.7. The van der Waals surface area contributed by atoms with Gasteiger partial charge >= 0.3 is 0 Å². The van der Waals surface area contributed by atoms with Gasteiger partial charge in [0.2, 0.25) is 12.7 Å². The molecule has 1 saturated heterocycles. The summed E-state index contributed by atoms with van der Waals surface area (Å²) in [5, 5.41) is 59.1. The second kappa shape index (κ2) is 13.2. The molecule has 2 aliphatic heterocycles. The molecule has 4 aliphatic rings. The molecule has 9 atom stereocenters. The summed E-state index contributed by atoms with van der Waals surface area (Å²) < 4.78 is 27.2. The number of oxime groups is 1. The van der Waals surface area contributed by atoms with Crippen LogP contribution in [0.25, 0.3) is 6.08 Å². The molecule has 6 rings (SSSR count). The lowest BCUT2D eigenvalue weighted by atomic mass is 9.83. The van der Waals surface area contributed by atoms with Gasteiger partial charge in [0.1, 0.15) is 50.0 Å². The molecule has 14 heteroatoms. The number of nitrogens with zero attached hydrogens (tertiary/aromatic N) is 1. The molecule has 1 amide bonds. The molecule has 2 aromatic rings. The first-order chi connectivity index (χ1) is 21.7. The van der Waals surface area contributed by atoms with Gasteiger partial charge in [0.15, 0.2) is 23.0 Å². The number of phenols is 1. The predicted octanol–water partition coefficient (Wildman–Crippen LogP) is 0.568. The van der Waals surface area contributed by atoms with Crippen LogP contribution in [0.15, 0.2) is 47.1 Å². The third-order valence-corrected chi connectivity index (χ3v) is 8.45. The first kappa shape index (κ1) is 31.1. The number of nitrogens with one attached hydrogen (secondary N) is 1. The van der Waals surface area contributed by atoms with Gasteiger partial charge in [0, 0.05) is 24.1 Å². The number of ether oxygens (including phenoxy) is 5. The summed E-state index contributed by atoms with van der Waals surface area (Å²) in [6, 6.07) is 8.97. The minimum atomic E-state index is -1.46. The predicted molar refractivity (Wildman–Crippen MR) is 155 cm³/mol. The maximum Gasteiger partial charge on any atom is 0.247 e. The highest BCUT2D eigenvalue weighted by atomic mass is 16.7. The first-order valence-corrected chi connectivity index (χ1v) is 14.7. The molecule has 242 valence electrons. The zero-order chi connectivity index (χ0) is 31.7. The van der Waals surface area contributed by atoms with Crippen LogP contribution in [0.1, 0.15) is 30.9 Å². The number of benzene rings is 2. The van der Waals surface area contributed by atoms with Gasteiger partial charge in [-0.25, -0.2) is 0 Å². The number of hydrogen-bond acceptors (Lipinski definition) is 13. The number of amides is 1. The topological polar surface area (TPSA) is 198 Å². The summed E-state index contributed by atoms with van der Waals surface area (Å²) >= 11 is 0. The lowest BCUT2D eigenvalue weighted by Gasteiger charge is -2.41. The van der Waals surface area contributed by atoms with Gasteiger partial charge in [0.05, 0.1) is 12.1 Å². The fourth-order valence-corrected chi connectivity index (χ4v) is 5.96. The lowest BCUT2D eigenvalue weighted by Crippen LogP contribution is -2.67. The molecule has 0 spiro atoms. The molecule has 6 N–H and O–H groups in total. The van der Waals surface area contributed by atoms with Crippen LogP contribution in [-0.4, -0.2) is 100 Å². The SMILES string of the molecule is CC(=Cc1ccc(O[C@H]2C[C@@H](O)[C@@H](C=NOCc3ccc4c(c3)OCO4)C2)c(O)c1)C(=O)N[C@@H]1[C@H](O)[C@@H](O)[C@H]2OCO[C@H]2[C@@H]1O. The van der Waals surface area contributed by atoms with Gasteiger partial charge in [-0.05, 0) is 54.8 Å². The van der Waals surface area contributed by atoms with E-state index in [-0.39, 0.29) is 49.3 Å². The summed E-state index contributed by atoms with van der Waals surface area (Å²) in [6.45, 7) is 1.82.